The van der Waals surface area contributed by atoms with E-state index in [9.17, 15) is 4.79 Å². The minimum absolute atomic E-state index is 0.940. The molecular weight excluding hydrogens is 167 g/mol. The number of phosphoric acid groups is 1. The molecule has 0 aromatic rings. The van der Waals surface area contributed by atoms with E-state index in [4.69, 9.17) is 24.5 Å². The quantitative estimate of drug-likeness (QED) is 0.143. The number of carbonyl (C=O) groups is 1. The van der Waals surface area contributed by atoms with Gasteiger partial charge in [0.2, 0.25) is 0 Å². The third-order valence-corrected chi connectivity index (χ3v) is 0.110. The molecule has 8 nitrogen and oxygen atoms in total. The van der Waals surface area contributed by atoms with Gasteiger partial charge in [0.05, 0.1) is 0 Å². The first-order chi connectivity index (χ1) is 4.27. The van der Waals surface area contributed by atoms with Crippen molar-refractivity contribution in [1.29, 1.82) is 0 Å². The Hall–Kier alpha value is -0.660. The summed E-state index contributed by atoms with van der Waals surface area (Å²) in [6.45, 7) is 0. The van der Waals surface area contributed by atoms with Crippen molar-refractivity contribution in [2.75, 3.05) is 0 Å². The molecule has 0 saturated carbocycles. The van der Waals surface area contributed by atoms with Crippen molar-refractivity contribution in [3.05, 3.63) is 0 Å². The van der Waals surface area contributed by atoms with E-state index >= 15 is 0 Å². The third-order valence-electron chi connectivity index (χ3n) is 0.110. The van der Waals surface area contributed by atoms with Crippen LogP contribution in [0.15, 0.2) is 0 Å². The van der Waals surface area contributed by atoms with Crippen LogP contribution in [0, 0.1) is 0 Å². The Bertz CT molecular complexity index is 130. The maximum Gasteiger partial charge on any atom is 0.466 e. The molecule has 10 heavy (non-hydrogen) atoms. The lowest BCUT2D eigenvalue weighted by molar-refractivity contribution is 0.169. The summed E-state index contributed by atoms with van der Waals surface area (Å²) in [6, 6.07) is -0.940. The zero-order chi connectivity index (χ0) is 8.78. The summed E-state index contributed by atoms with van der Waals surface area (Å²) in [7, 11) is -4.64. The molecule has 2 amide bonds. The molecule has 0 aromatic carbocycles. The lowest BCUT2D eigenvalue weighted by Crippen LogP contribution is -2.25. The summed E-state index contributed by atoms with van der Waals surface area (Å²) in [4.78, 5) is 30.8. The molecule has 0 aliphatic rings. The highest BCUT2D eigenvalue weighted by molar-refractivity contribution is 7.45. The fraction of sp³-hybridized carbons (Fsp3) is 0. The summed E-state index contributed by atoms with van der Waals surface area (Å²) in [6.07, 6.45) is 0. The SMILES string of the molecule is NC(=O)NO.O=P(O)(O)O. The first kappa shape index (κ1) is 12.1. The summed E-state index contributed by atoms with van der Waals surface area (Å²) in [5.74, 6) is 0. The molecule has 62 valence electrons. The molecule has 0 radical (unpaired) electrons. The second kappa shape index (κ2) is 5.15. The number of hydroxylamine groups is 1. The van der Waals surface area contributed by atoms with Crippen LogP contribution in [0.2, 0.25) is 0 Å². The zero-order valence-corrected chi connectivity index (χ0v) is 5.52. The lowest BCUT2D eigenvalue weighted by atomic mass is 11.2. The van der Waals surface area contributed by atoms with E-state index < -0.39 is 13.9 Å². The molecule has 0 aliphatic heterocycles. The molecule has 0 unspecified atom stereocenters. The van der Waals surface area contributed by atoms with Crippen molar-refractivity contribution >= 4 is 13.9 Å². The van der Waals surface area contributed by atoms with Crippen LogP contribution >= 0.6 is 7.82 Å². The predicted molar refractivity (Wildman–Crippen MR) is 28.8 cm³/mol. The van der Waals surface area contributed by atoms with E-state index in [2.05, 4.69) is 5.73 Å². The molecule has 7 N–H and O–H groups in total. The van der Waals surface area contributed by atoms with Gasteiger partial charge < -0.3 is 20.4 Å². The van der Waals surface area contributed by atoms with Gasteiger partial charge in [0.15, 0.2) is 0 Å². The normalized spacial score (nSPS) is 9.20. The van der Waals surface area contributed by atoms with Crippen LogP contribution in [0.1, 0.15) is 0 Å². The molecule has 9 heteroatoms. The van der Waals surface area contributed by atoms with Crippen LogP contribution in [0.4, 0.5) is 4.79 Å². The van der Waals surface area contributed by atoms with Crippen molar-refractivity contribution in [3.8, 4) is 0 Å². The van der Waals surface area contributed by atoms with Crippen LogP contribution in [0.3, 0.4) is 0 Å². The molecule has 0 atom stereocenters. The molecule has 0 heterocycles. The average molecular weight is 174 g/mol. The Morgan fingerprint density at radius 3 is 1.50 bits per heavy atom. The highest BCUT2D eigenvalue weighted by atomic mass is 31.2. The van der Waals surface area contributed by atoms with E-state index in [0.29, 0.717) is 0 Å². The first-order valence-electron chi connectivity index (χ1n) is 1.75. The van der Waals surface area contributed by atoms with Gasteiger partial charge >= 0.3 is 13.9 Å². The fourth-order valence-corrected chi connectivity index (χ4v) is 0. The second-order valence-corrected chi connectivity index (χ2v) is 2.02. The Morgan fingerprint density at radius 2 is 1.50 bits per heavy atom. The van der Waals surface area contributed by atoms with Crippen molar-refractivity contribution in [3.63, 3.8) is 0 Å². The number of amides is 2. The van der Waals surface area contributed by atoms with Crippen LogP contribution in [0.5, 0.6) is 0 Å². The highest BCUT2D eigenvalue weighted by Crippen LogP contribution is 2.25. The molecule has 0 spiro atoms. The Labute approximate surface area is 55.5 Å². The molecule has 0 aliphatic carbocycles. The molecule has 0 fully saturated rings. The molecule has 0 bridgehead atoms. The summed E-state index contributed by atoms with van der Waals surface area (Å²) in [5, 5.41) is 7.42. The van der Waals surface area contributed by atoms with Gasteiger partial charge in [0.1, 0.15) is 0 Å². The van der Waals surface area contributed by atoms with Gasteiger partial charge in [0.25, 0.3) is 0 Å². The Balaban J connectivity index is 0. The zero-order valence-electron chi connectivity index (χ0n) is 4.63. The van der Waals surface area contributed by atoms with Crippen molar-refractivity contribution in [2.24, 2.45) is 5.73 Å². The number of hydrogen-bond acceptors (Lipinski definition) is 3. The standard InChI is InChI=1S/CH4N2O2.H3O4P/c2-1(4)3-5;1-5(2,3)4/h5H,(H3,2,3,4);(H3,1,2,3,4). The van der Waals surface area contributed by atoms with Gasteiger partial charge in [-0.25, -0.2) is 14.8 Å². The topological polar surface area (TPSA) is 153 Å². The van der Waals surface area contributed by atoms with Crippen LogP contribution in [0.25, 0.3) is 0 Å². The van der Waals surface area contributed by atoms with E-state index in [1.54, 1.807) is 0 Å². The van der Waals surface area contributed by atoms with Crippen LogP contribution in [-0.4, -0.2) is 25.9 Å². The van der Waals surface area contributed by atoms with E-state index in [0.717, 1.165) is 0 Å². The smallest absolute Gasteiger partial charge is 0.350 e. The molecule has 0 saturated heterocycles. The van der Waals surface area contributed by atoms with Gasteiger partial charge in [-0.1, -0.05) is 0 Å². The molecular formula is CH7N2O6P. The average Bonchev–Trinajstić information content (AvgIpc) is 1.61. The van der Waals surface area contributed by atoms with Gasteiger partial charge in [-0.3, -0.25) is 5.21 Å². The van der Waals surface area contributed by atoms with Gasteiger partial charge in [-0.15, -0.1) is 0 Å². The third kappa shape index (κ3) is 164. The second-order valence-electron chi connectivity index (χ2n) is 0.989. The van der Waals surface area contributed by atoms with Crippen molar-refractivity contribution in [2.45, 2.75) is 0 Å². The van der Waals surface area contributed by atoms with Gasteiger partial charge in [0, 0.05) is 0 Å². The number of carbonyl (C=O) groups excluding carboxylic acids is 1. The number of nitrogens with one attached hydrogen (secondary N) is 1. The van der Waals surface area contributed by atoms with Crippen molar-refractivity contribution in [1.82, 2.24) is 5.48 Å². The Morgan fingerprint density at radius 1 is 1.40 bits per heavy atom. The predicted octanol–water partition coefficient (Wildman–Crippen LogP) is -1.88. The number of hydrogen-bond donors (Lipinski definition) is 6. The molecule has 0 aromatic heterocycles. The van der Waals surface area contributed by atoms with Gasteiger partial charge in [-0.2, -0.15) is 0 Å². The lowest BCUT2D eigenvalue weighted by Gasteiger charge is -1.82. The monoisotopic (exact) mass is 174 g/mol. The molecule has 0 rings (SSSR count). The van der Waals surface area contributed by atoms with Crippen LogP contribution in [-0.2, 0) is 4.57 Å². The van der Waals surface area contributed by atoms with E-state index in [1.165, 1.54) is 5.48 Å². The van der Waals surface area contributed by atoms with Crippen molar-refractivity contribution < 1.29 is 29.2 Å². The minimum atomic E-state index is -4.64. The van der Waals surface area contributed by atoms with E-state index in [1.807, 2.05) is 0 Å². The number of rotatable bonds is 0. The first-order valence-corrected chi connectivity index (χ1v) is 3.31. The fourth-order valence-electron chi connectivity index (χ4n) is 0. The summed E-state index contributed by atoms with van der Waals surface area (Å²) in [5.41, 5.74) is 5.46. The maximum absolute atomic E-state index is 9.23. The van der Waals surface area contributed by atoms with Gasteiger partial charge in [-0.05, 0) is 0 Å². The highest BCUT2D eigenvalue weighted by Gasteiger charge is 2.00. The minimum Gasteiger partial charge on any atom is -0.350 e. The Kier molecular flexibility index (Phi) is 6.21. The number of urea groups is 1. The summed E-state index contributed by atoms with van der Waals surface area (Å²) < 4.78 is 8.88. The maximum atomic E-state index is 9.23. The number of primary amides is 1. The summed E-state index contributed by atoms with van der Waals surface area (Å²) >= 11 is 0. The van der Waals surface area contributed by atoms with E-state index in [-0.39, 0.29) is 0 Å². The number of nitrogens with two attached hydrogens (primary N) is 1. The van der Waals surface area contributed by atoms with Crippen LogP contribution < -0.4 is 11.2 Å². The largest absolute Gasteiger partial charge is 0.466 e.